The topological polar surface area (TPSA) is 52.6 Å². The van der Waals surface area contributed by atoms with Gasteiger partial charge in [-0.25, -0.2) is 0 Å². The van der Waals surface area contributed by atoms with E-state index in [9.17, 15) is 9.59 Å². The highest BCUT2D eigenvalue weighted by Crippen LogP contribution is 2.23. The van der Waals surface area contributed by atoms with Crippen molar-refractivity contribution in [2.75, 3.05) is 7.11 Å². The van der Waals surface area contributed by atoms with Crippen molar-refractivity contribution >= 4 is 20.1 Å². The third kappa shape index (κ3) is 3.90. The zero-order valence-corrected chi connectivity index (χ0v) is 11.2. The fraction of sp³-hybridized carbons (Fsp3) is 0.636. The number of rotatable bonds is 4. The lowest BCUT2D eigenvalue weighted by molar-refractivity contribution is -0.140. The first-order valence-corrected chi connectivity index (χ1v) is 8.71. The molecule has 0 aliphatic heterocycles. The summed E-state index contributed by atoms with van der Waals surface area (Å²) in [6, 6.07) is 0. The number of esters is 1. The first kappa shape index (κ1) is 13.1. The van der Waals surface area contributed by atoms with Crippen LogP contribution in [0.15, 0.2) is 11.6 Å². The summed E-state index contributed by atoms with van der Waals surface area (Å²) < 4.78 is 10.3. The molecule has 1 aliphatic rings. The molecule has 1 rings (SSSR count). The van der Waals surface area contributed by atoms with E-state index < -0.39 is 8.32 Å². The quantitative estimate of drug-likeness (QED) is 0.556. The molecule has 1 aliphatic carbocycles. The van der Waals surface area contributed by atoms with E-state index in [0.29, 0.717) is 12.0 Å². The Bertz CT molecular complexity index is 327. The normalized spacial score (nSPS) is 20.9. The fourth-order valence-corrected chi connectivity index (χ4v) is 2.66. The molecular weight excluding hydrogens is 224 g/mol. The van der Waals surface area contributed by atoms with E-state index in [1.54, 1.807) is 6.08 Å². The number of methoxy groups -OCH3 is 1. The number of ketones is 1. The Hall–Kier alpha value is -0.943. The van der Waals surface area contributed by atoms with E-state index >= 15 is 0 Å². The van der Waals surface area contributed by atoms with Crippen molar-refractivity contribution in [3.05, 3.63) is 11.6 Å². The number of hydrogen-bond acceptors (Lipinski definition) is 4. The van der Waals surface area contributed by atoms with Crippen molar-refractivity contribution in [1.29, 1.82) is 0 Å². The third-order valence-electron chi connectivity index (χ3n) is 2.20. The Kier molecular flexibility index (Phi) is 4.04. The van der Waals surface area contributed by atoms with Gasteiger partial charge in [0.25, 0.3) is 0 Å². The lowest BCUT2D eigenvalue weighted by Crippen LogP contribution is -2.30. The molecule has 1 unspecified atom stereocenters. The zero-order chi connectivity index (χ0) is 12.3. The Labute approximate surface area is 96.7 Å². The molecule has 0 aromatic carbocycles. The molecule has 0 amide bonds. The minimum absolute atomic E-state index is 0.00588. The average Bonchev–Trinajstić information content (AvgIpc) is 2.43. The van der Waals surface area contributed by atoms with Crippen molar-refractivity contribution in [2.45, 2.75) is 38.6 Å². The molecule has 0 fully saturated rings. The van der Waals surface area contributed by atoms with Crippen LogP contribution in [0.4, 0.5) is 0 Å². The smallest absolute Gasteiger partial charge is 0.310 e. The lowest BCUT2D eigenvalue weighted by Gasteiger charge is -2.21. The van der Waals surface area contributed by atoms with Crippen LogP contribution < -0.4 is 0 Å². The van der Waals surface area contributed by atoms with Gasteiger partial charge in [-0.2, -0.15) is 0 Å². The number of ether oxygens (including phenoxy) is 1. The van der Waals surface area contributed by atoms with E-state index in [2.05, 4.69) is 24.4 Å². The summed E-state index contributed by atoms with van der Waals surface area (Å²) in [5.41, 5.74) is 0.523. The van der Waals surface area contributed by atoms with Crippen molar-refractivity contribution in [2.24, 2.45) is 0 Å². The van der Waals surface area contributed by atoms with Gasteiger partial charge in [0.05, 0.1) is 19.6 Å². The van der Waals surface area contributed by atoms with Gasteiger partial charge < -0.3 is 9.16 Å². The average molecular weight is 242 g/mol. The SMILES string of the molecule is COC(=O)CC1=CC(O[Si](C)(C)C)CC1=O. The van der Waals surface area contributed by atoms with Gasteiger partial charge in [0, 0.05) is 12.0 Å². The summed E-state index contributed by atoms with van der Waals surface area (Å²) in [6.07, 6.45) is 2.02. The summed E-state index contributed by atoms with van der Waals surface area (Å²) in [6.45, 7) is 6.22. The van der Waals surface area contributed by atoms with Crippen LogP contribution >= 0.6 is 0 Å². The Morgan fingerprint density at radius 1 is 1.50 bits per heavy atom. The van der Waals surface area contributed by atoms with Crippen LogP contribution in [-0.4, -0.2) is 33.3 Å². The predicted octanol–water partition coefficient (Wildman–Crippen LogP) is 1.67. The number of Topliss-reactive ketones (excluding diaryl/α,β-unsaturated/α-hetero) is 1. The molecule has 0 bridgehead atoms. The Morgan fingerprint density at radius 3 is 2.62 bits per heavy atom. The van der Waals surface area contributed by atoms with E-state index in [-0.39, 0.29) is 24.3 Å². The van der Waals surface area contributed by atoms with Gasteiger partial charge in [-0.1, -0.05) is 0 Å². The molecule has 0 spiro atoms. The minimum Gasteiger partial charge on any atom is -0.469 e. The van der Waals surface area contributed by atoms with Gasteiger partial charge in [0.15, 0.2) is 14.1 Å². The van der Waals surface area contributed by atoms with Gasteiger partial charge in [-0.15, -0.1) is 0 Å². The van der Waals surface area contributed by atoms with Crippen molar-refractivity contribution < 1.29 is 18.8 Å². The van der Waals surface area contributed by atoms with E-state index in [1.165, 1.54) is 7.11 Å². The molecule has 16 heavy (non-hydrogen) atoms. The third-order valence-corrected chi connectivity index (χ3v) is 3.21. The molecule has 0 heterocycles. The molecule has 1 atom stereocenters. The highest BCUT2D eigenvalue weighted by molar-refractivity contribution is 6.69. The van der Waals surface area contributed by atoms with Crippen molar-refractivity contribution in [1.82, 2.24) is 0 Å². The number of hydrogen-bond donors (Lipinski definition) is 0. The molecule has 0 aromatic rings. The van der Waals surface area contributed by atoms with Crippen molar-refractivity contribution in [3.8, 4) is 0 Å². The molecule has 0 aromatic heterocycles. The highest BCUT2D eigenvalue weighted by atomic mass is 28.4. The van der Waals surface area contributed by atoms with Crippen LogP contribution in [0.2, 0.25) is 19.6 Å². The monoisotopic (exact) mass is 242 g/mol. The minimum atomic E-state index is -1.64. The fourth-order valence-electron chi connectivity index (χ4n) is 1.61. The molecule has 0 saturated heterocycles. The van der Waals surface area contributed by atoms with Crippen LogP contribution in [0.25, 0.3) is 0 Å². The van der Waals surface area contributed by atoms with E-state index in [4.69, 9.17) is 4.43 Å². The largest absolute Gasteiger partial charge is 0.469 e. The summed E-state index contributed by atoms with van der Waals surface area (Å²) in [7, 11) is -0.325. The molecule has 0 radical (unpaired) electrons. The van der Waals surface area contributed by atoms with Crippen LogP contribution in [0.5, 0.6) is 0 Å². The second kappa shape index (κ2) is 4.93. The van der Waals surface area contributed by atoms with Gasteiger partial charge in [0.2, 0.25) is 0 Å². The zero-order valence-electron chi connectivity index (χ0n) is 10.2. The van der Waals surface area contributed by atoms with Gasteiger partial charge in [-0.05, 0) is 25.7 Å². The van der Waals surface area contributed by atoms with Crippen LogP contribution in [0, 0.1) is 0 Å². The maximum atomic E-state index is 11.6. The summed E-state index contributed by atoms with van der Waals surface area (Å²) in [5.74, 6) is -0.387. The summed E-state index contributed by atoms with van der Waals surface area (Å²) >= 11 is 0. The Morgan fingerprint density at radius 2 is 2.12 bits per heavy atom. The molecule has 4 nitrogen and oxygen atoms in total. The van der Waals surface area contributed by atoms with Crippen LogP contribution in [0.3, 0.4) is 0 Å². The maximum absolute atomic E-state index is 11.6. The highest BCUT2D eigenvalue weighted by Gasteiger charge is 2.29. The molecule has 0 saturated carbocycles. The van der Waals surface area contributed by atoms with Crippen molar-refractivity contribution in [3.63, 3.8) is 0 Å². The van der Waals surface area contributed by atoms with Gasteiger partial charge >= 0.3 is 5.97 Å². The second-order valence-electron chi connectivity index (χ2n) is 4.84. The predicted molar refractivity (Wildman–Crippen MR) is 62.6 cm³/mol. The molecule has 90 valence electrons. The summed E-state index contributed by atoms with van der Waals surface area (Å²) in [5, 5.41) is 0. The second-order valence-corrected chi connectivity index (χ2v) is 9.30. The lowest BCUT2D eigenvalue weighted by atomic mass is 10.1. The first-order valence-electron chi connectivity index (χ1n) is 5.30. The number of carbonyl (C=O) groups is 2. The van der Waals surface area contributed by atoms with Crippen LogP contribution in [0.1, 0.15) is 12.8 Å². The first-order chi connectivity index (χ1) is 7.31. The van der Waals surface area contributed by atoms with Gasteiger partial charge in [-0.3, -0.25) is 9.59 Å². The van der Waals surface area contributed by atoms with Crippen LogP contribution in [-0.2, 0) is 18.8 Å². The number of carbonyl (C=O) groups excluding carboxylic acids is 2. The summed E-state index contributed by atoms with van der Waals surface area (Å²) in [4.78, 5) is 22.6. The van der Waals surface area contributed by atoms with E-state index in [1.807, 2.05) is 0 Å². The standard InChI is InChI=1S/C11H18O4Si/c1-14-11(13)6-8-5-9(7-10(8)12)15-16(2,3)4/h5,9H,6-7H2,1-4H3. The molecule has 0 N–H and O–H groups in total. The molecule has 5 heteroatoms. The Balaban J connectivity index is 2.62. The molecular formula is C11H18O4Si. The van der Waals surface area contributed by atoms with Gasteiger partial charge in [0.1, 0.15) is 0 Å². The maximum Gasteiger partial charge on any atom is 0.310 e. The van der Waals surface area contributed by atoms with E-state index in [0.717, 1.165) is 0 Å².